The molecule has 1 aliphatic rings. The SMILES string of the molecule is Cc1cc(-c2c(-c3cccc(C#N)c3)nn3ccc(N4CCOCC4)nc23)cc(Cl)n1. The predicted octanol–water partition coefficient (Wildman–Crippen LogP) is 4.13. The maximum Gasteiger partial charge on any atom is 0.165 e. The molecule has 0 aliphatic carbocycles. The van der Waals surface area contributed by atoms with Gasteiger partial charge in [-0.25, -0.2) is 14.5 Å². The zero-order chi connectivity index (χ0) is 21.4. The zero-order valence-corrected chi connectivity index (χ0v) is 17.7. The van der Waals surface area contributed by atoms with Gasteiger partial charge in [-0.15, -0.1) is 0 Å². The first-order valence-electron chi connectivity index (χ1n) is 9.99. The number of benzene rings is 1. The minimum absolute atomic E-state index is 0.412. The molecule has 1 aromatic carbocycles. The molecule has 4 heterocycles. The molecule has 0 saturated carbocycles. The van der Waals surface area contributed by atoms with Gasteiger partial charge in [-0.2, -0.15) is 10.4 Å². The van der Waals surface area contributed by atoms with Gasteiger partial charge in [0.1, 0.15) is 16.7 Å². The molecule has 0 N–H and O–H groups in total. The van der Waals surface area contributed by atoms with Gasteiger partial charge in [0.25, 0.3) is 0 Å². The fourth-order valence-electron chi connectivity index (χ4n) is 3.86. The second kappa shape index (κ2) is 7.99. The highest BCUT2D eigenvalue weighted by atomic mass is 35.5. The molecule has 0 atom stereocenters. The maximum atomic E-state index is 9.36. The molecule has 0 unspecified atom stereocenters. The van der Waals surface area contributed by atoms with Gasteiger partial charge in [-0.3, -0.25) is 0 Å². The molecule has 1 fully saturated rings. The second-order valence-corrected chi connectivity index (χ2v) is 7.78. The van der Waals surface area contributed by atoms with E-state index in [1.165, 1.54) is 0 Å². The van der Waals surface area contributed by atoms with E-state index in [2.05, 4.69) is 16.0 Å². The third-order valence-electron chi connectivity index (χ3n) is 5.28. The van der Waals surface area contributed by atoms with Gasteiger partial charge in [0.05, 0.1) is 30.4 Å². The number of morpholine rings is 1. The Bertz CT molecular complexity index is 1300. The van der Waals surface area contributed by atoms with E-state index in [1.807, 2.05) is 49.5 Å². The topological polar surface area (TPSA) is 79.3 Å². The highest BCUT2D eigenvalue weighted by Crippen LogP contribution is 2.36. The van der Waals surface area contributed by atoms with Crippen LogP contribution in [0.2, 0.25) is 5.15 Å². The van der Waals surface area contributed by atoms with Crippen LogP contribution in [0.3, 0.4) is 0 Å². The molecule has 154 valence electrons. The maximum absolute atomic E-state index is 9.36. The number of anilines is 1. The number of nitriles is 1. The average molecular weight is 431 g/mol. The second-order valence-electron chi connectivity index (χ2n) is 7.39. The van der Waals surface area contributed by atoms with Crippen LogP contribution in [-0.4, -0.2) is 45.9 Å². The third kappa shape index (κ3) is 3.72. The number of hydrogen-bond acceptors (Lipinski definition) is 6. The Hall–Kier alpha value is -3.47. The number of aromatic nitrogens is 4. The summed E-state index contributed by atoms with van der Waals surface area (Å²) >= 11 is 6.29. The van der Waals surface area contributed by atoms with Gasteiger partial charge in [0, 0.05) is 30.5 Å². The van der Waals surface area contributed by atoms with Gasteiger partial charge in [0.15, 0.2) is 5.65 Å². The molecule has 8 heteroatoms. The van der Waals surface area contributed by atoms with Crippen molar-refractivity contribution in [2.24, 2.45) is 0 Å². The number of halogens is 1. The molecular formula is C23H19ClN6O. The van der Waals surface area contributed by atoms with Crippen molar-refractivity contribution in [3.63, 3.8) is 0 Å². The molecule has 0 spiro atoms. The van der Waals surface area contributed by atoms with E-state index < -0.39 is 0 Å². The van der Waals surface area contributed by atoms with Gasteiger partial charge < -0.3 is 9.64 Å². The Labute approximate surface area is 184 Å². The summed E-state index contributed by atoms with van der Waals surface area (Å²) in [6.07, 6.45) is 1.92. The molecule has 4 aromatic rings. The molecule has 0 radical (unpaired) electrons. The third-order valence-corrected chi connectivity index (χ3v) is 5.48. The molecule has 3 aromatic heterocycles. The summed E-state index contributed by atoms with van der Waals surface area (Å²) in [7, 11) is 0. The minimum atomic E-state index is 0.412. The van der Waals surface area contributed by atoms with Crippen LogP contribution in [-0.2, 0) is 4.74 Å². The lowest BCUT2D eigenvalue weighted by Crippen LogP contribution is -2.36. The highest BCUT2D eigenvalue weighted by molar-refractivity contribution is 6.29. The molecule has 1 saturated heterocycles. The Morgan fingerprint density at radius 3 is 2.68 bits per heavy atom. The van der Waals surface area contributed by atoms with Gasteiger partial charge in [-0.05, 0) is 42.8 Å². The van der Waals surface area contributed by atoms with Crippen LogP contribution in [0.25, 0.3) is 28.0 Å². The minimum Gasteiger partial charge on any atom is -0.378 e. The van der Waals surface area contributed by atoms with E-state index in [0.717, 1.165) is 52.6 Å². The van der Waals surface area contributed by atoms with Crippen molar-refractivity contribution in [3.05, 3.63) is 65.1 Å². The monoisotopic (exact) mass is 430 g/mol. The standard InChI is InChI=1S/C23H19ClN6O/c1-15-11-18(13-19(24)26-15)21-22(17-4-2-3-16(12-17)14-25)28-30-6-5-20(27-23(21)30)29-7-9-31-10-8-29/h2-6,11-13H,7-10H2,1H3. The van der Waals surface area contributed by atoms with Crippen LogP contribution >= 0.6 is 11.6 Å². The van der Waals surface area contributed by atoms with Crippen molar-refractivity contribution in [3.8, 4) is 28.5 Å². The van der Waals surface area contributed by atoms with E-state index in [4.69, 9.17) is 26.4 Å². The number of rotatable bonds is 3. The number of hydrogen-bond donors (Lipinski definition) is 0. The van der Waals surface area contributed by atoms with E-state index >= 15 is 0 Å². The van der Waals surface area contributed by atoms with Gasteiger partial charge in [-0.1, -0.05) is 23.7 Å². The molecule has 0 amide bonds. The van der Waals surface area contributed by atoms with Crippen molar-refractivity contribution in [2.45, 2.75) is 6.92 Å². The summed E-state index contributed by atoms with van der Waals surface area (Å²) in [4.78, 5) is 11.5. The molecule has 31 heavy (non-hydrogen) atoms. The number of pyridine rings is 1. The summed E-state index contributed by atoms with van der Waals surface area (Å²) in [6.45, 7) is 4.87. The van der Waals surface area contributed by atoms with Crippen LogP contribution in [0.15, 0.2) is 48.7 Å². The molecule has 5 rings (SSSR count). The van der Waals surface area contributed by atoms with Crippen LogP contribution in [0, 0.1) is 18.3 Å². The van der Waals surface area contributed by atoms with Crippen molar-refractivity contribution in [2.75, 3.05) is 31.2 Å². The zero-order valence-electron chi connectivity index (χ0n) is 16.9. The number of fused-ring (bicyclic) bond motifs is 1. The summed E-state index contributed by atoms with van der Waals surface area (Å²) < 4.78 is 7.25. The first kappa shape index (κ1) is 19.5. The van der Waals surface area contributed by atoms with E-state index in [-0.39, 0.29) is 0 Å². The molecule has 0 bridgehead atoms. The van der Waals surface area contributed by atoms with Crippen molar-refractivity contribution in [1.82, 2.24) is 19.6 Å². The van der Waals surface area contributed by atoms with E-state index in [9.17, 15) is 5.26 Å². The Morgan fingerprint density at radius 1 is 1.06 bits per heavy atom. The Balaban J connectivity index is 1.76. The highest BCUT2D eigenvalue weighted by Gasteiger charge is 2.21. The van der Waals surface area contributed by atoms with Crippen molar-refractivity contribution in [1.29, 1.82) is 5.26 Å². The fraction of sp³-hybridized carbons (Fsp3) is 0.217. The number of nitrogens with zero attached hydrogens (tertiary/aromatic N) is 6. The Kier molecular flexibility index (Phi) is 5.02. The van der Waals surface area contributed by atoms with E-state index in [1.54, 1.807) is 10.6 Å². The van der Waals surface area contributed by atoms with Crippen LogP contribution in [0.4, 0.5) is 5.82 Å². The summed E-state index contributed by atoms with van der Waals surface area (Å²) in [6, 6.07) is 15.4. The van der Waals surface area contributed by atoms with Gasteiger partial charge >= 0.3 is 0 Å². The lowest BCUT2D eigenvalue weighted by molar-refractivity contribution is 0.122. The van der Waals surface area contributed by atoms with Crippen LogP contribution in [0.5, 0.6) is 0 Å². The summed E-state index contributed by atoms with van der Waals surface area (Å²) in [5, 5.41) is 14.6. The first-order chi connectivity index (χ1) is 15.1. The average Bonchev–Trinajstić information content (AvgIpc) is 3.18. The lowest BCUT2D eigenvalue weighted by Gasteiger charge is -2.27. The summed E-state index contributed by atoms with van der Waals surface area (Å²) in [5.41, 5.74) is 5.44. The quantitative estimate of drug-likeness (QED) is 0.455. The normalized spacial score (nSPS) is 14.0. The predicted molar refractivity (Wildman–Crippen MR) is 119 cm³/mol. The smallest absolute Gasteiger partial charge is 0.165 e. The molecular weight excluding hydrogens is 412 g/mol. The molecule has 1 aliphatic heterocycles. The summed E-state index contributed by atoms with van der Waals surface area (Å²) in [5.74, 6) is 0.881. The molecule has 7 nitrogen and oxygen atoms in total. The largest absolute Gasteiger partial charge is 0.378 e. The lowest BCUT2D eigenvalue weighted by atomic mass is 10.00. The first-order valence-corrected chi connectivity index (χ1v) is 10.4. The van der Waals surface area contributed by atoms with Crippen LogP contribution < -0.4 is 4.90 Å². The number of aryl methyl sites for hydroxylation is 1. The fourth-order valence-corrected chi connectivity index (χ4v) is 4.12. The Morgan fingerprint density at radius 2 is 1.90 bits per heavy atom. The van der Waals surface area contributed by atoms with Gasteiger partial charge in [0.2, 0.25) is 0 Å². The van der Waals surface area contributed by atoms with Crippen LogP contribution in [0.1, 0.15) is 11.3 Å². The van der Waals surface area contributed by atoms with E-state index in [0.29, 0.717) is 23.9 Å². The number of ether oxygens (including phenoxy) is 1. The van der Waals surface area contributed by atoms with Crippen molar-refractivity contribution < 1.29 is 4.74 Å². The van der Waals surface area contributed by atoms with Crippen molar-refractivity contribution >= 4 is 23.1 Å².